The lowest BCUT2D eigenvalue weighted by atomic mass is 9.68. The molecule has 1 aromatic carbocycles. The zero-order valence-electron chi connectivity index (χ0n) is 10.8. The molecule has 2 rings (SSSR count). The molecule has 1 N–H and O–H groups in total. The van der Waals surface area contributed by atoms with E-state index >= 15 is 0 Å². The molecule has 1 saturated carbocycles. The van der Waals surface area contributed by atoms with Gasteiger partial charge in [-0.25, -0.2) is 8.78 Å². The lowest BCUT2D eigenvalue weighted by molar-refractivity contribution is -0.158. The molecule has 1 aliphatic rings. The number of rotatable bonds is 5. The van der Waals surface area contributed by atoms with E-state index in [2.05, 4.69) is 5.32 Å². The third kappa shape index (κ3) is 2.92. The first-order valence-electron chi connectivity index (χ1n) is 6.30. The summed E-state index contributed by atoms with van der Waals surface area (Å²) in [6, 6.07) is 3.79. The van der Waals surface area contributed by atoms with Gasteiger partial charge in [-0.05, 0) is 30.5 Å². The van der Waals surface area contributed by atoms with Crippen LogP contribution in [0.4, 0.5) is 8.78 Å². The number of ether oxygens (including phenoxy) is 1. The van der Waals surface area contributed by atoms with Crippen molar-refractivity contribution in [3.05, 3.63) is 35.4 Å². The van der Waals surface area contributed by atoms with Crippen molar-refractivity contribution in [2.24, 2.45) is 5.41 Å². The number of methoxy groups -OCH3 is 1. The Kier molecular flexibility index (Phi) is 4.14. The minimum atomic E-state index is -0.856. The summed E-state index contributed by atoms with van der Waals surface area (Å²) in [7, 11) is 1.39. The minimum absolute atomic E-state index is 0.198. The van der Waals surface area contributed by atoms with Gasteiger partial charge in [0.05, 0.1) is 12.5 Å². The van der Waals surface area contributed by atoms with Gasteiger partial charge in [0.2, 0.25) is 0 Å². The van der Waals surface area contributed by atoms with Crippen LogP contribution in [0.3, 0.4) is 0 Å². The summed E-state index contributed by atoms with van der Waals surface area (Å²) in [6.07, 6.45) is 2.64. The molecule has 1 aromatic rings. The minimum Gasteiger partial charge on any atom is -0.469 e. The Hall–Kier alpha value is -1.49. The van der Waals surface area contributed by atoms with Gasteiger partial charge in [0, 0.05) is 13.1 Å². The van der Waals surface area contributed by atoms with Crippen LogP contribution in [-0.2, 0) is 16.1 Å². The fourth-order valence-electron chi connectivity index (χ4n) is 2.37. The van der Waals surface area contributed by atoms with E-state index in [0.717, 1.165) is 31.4 Å². The van der Waals surface area contributed by atoms with E-state index in [1.54, 1.807) is 0 Å². The molecule has 1 aliphatic carbocycles. The van der Waals surface area contributed by atoms with Gasteiger partial charge in [-0.15, -0.1) is 0 Å². The molecular weight excluding hydrogens is 252 g/mol. The number of hydrogen-bond donors (Lipinski definition) is 1. The maximum absolute atomic E-state index is 13.0. The molecule has 0 aromatic heterocycles. The molecule has 0 radical (unpaired) electrons. The number of halogens is 2. The van der Waals surface area contributed by atoms with Gasteiger partial charge in [-0.2, -0.15) is 0 Å². The van der Waals surface area contributed by atoms with Crippen molar-refractivity contribution in [2.45, 2.75) is 25.8 Å². The number of hydrogen-bond acceptors (Lipinski definition) is 3. The van der Waals surface area contributed by atoms with E-state index in [-0.39, 0.29) is 5.97 Å². The summed E-state index contributed by atoms with van der Waals surface area (Å²) in [4.78, 5) is 11.7. The summed E-state index contributed by atoms with van der Waals surface area (Å²) >= 11 is 0. The van der Waals surface area contributed by atoms with Gasteiger partial charge in [-0.3, -0.25) is 4.79 Å². The smallest absolute Gasteiger partial charge is 0.313 e. The van der Waals surface area contributed by atoms with Crippen molar-refractivity contribution in [2.75, 3.05) is 13.7 Å². The second kappa shape index (κ2) is 5.65. The van der Waals surface area contributed by atoms with E-state index in [1.165, 1.54) is 13.2 Å². The van der Waals surface area contributed by atoms with Gasteiger partial charge in [0.1, 0.15) is 0 Å². The number of carbonyl (C=O) groups is 1. The van der Waals surface area contributed by atoms with E-state index in [1.807, 2.05) is 0 Å². The van der Waals surface area contributed by atoms with Crippen LogP contribution in [0.25, 0.3) is 0 Å². The SMILES string of the molecule is COC(=O)C1(CNCc2ccc(F)c(F)c2)CCC1. The van der Waals surface area contributed by atoms with Crippen LogP contribution in [0.2, 0.25) is 0 Å². The molecule has 0 heterocycles. The Bertz CT molecular complexity index is 473. The fourth-order valence-corrected chi connectivity index (χ4v) is 2.37. The Morgan fingerprint density at radius 1 is 1.37 bits per heavy atom. The lowest BCUT2D eigenvalue weighted by Crippen LogP contribution is -2.46. The molecule has 19 heavy (non-hydrogen) atoms. The van der Waals surface area contributed by atoms with Crippen molar-refractivity contribution in [3.8, 4) is 0 Å². The summed E-state index contributed by atoms with van der Waals surface area (Å²) in [5, 5.41) is 3.12. The average molecular weight is 269 g/mol. The van der Waals surface area contributed by atoms with Gasteiger partial charge in [-0.1, -0.05) is 12.5 Å². The predicted octanol–water partition coefficient (Wildman–Crippen LogP) is 2.40. The molecule has 0 bridgehead atoms. The van der Waals surface area contributed by atoms with Gasteiger partial charge in [0.15, 0.2) is 11.6 Å². The van der Waals surface area contributed by atoms with Crippen LogP contribution in [-0.4, -0.2) is 19.6 Å². The molecule has 0 spiro atoms. The van der Waals surface area contributed by atoms with Gasteiger partial charge in [0.25, 0.3) is 0 Å². The van der Waals surface area contributed by atoms with Crippen molar-refractivity contribution in [1.29, 1.82) is 0 Å². The van der Waals surface area contributed by atoms with Crippen LogP contribution in [0.15, 0.2) is 18.2 Å². The maximum Gasteiger partial charge on any atom is 0.313 e. The Balaban J connectivity index is 1.89. The highest BCUT2D eigenvalue weighted by molar-refractivity contribution is 5.78. The normalized spacial score (nSPS) is 16.8. The molecule has 5 heteroatoms. The predicted molar refractivity (Wildman–Crippen MR) is 66.4 cm³/mol. The van der Waals surface area contributed by atoms with Crippen LogP contribution in [0, 0.1) is 17.0 Å². The molecule has 0 aliphatic heterocycles. The van der Waals surface area contributed by atoms with Crippen LogP contribution < -0.4 is 5.32 Å². The summed E-state index contributed by atoms with van der Waals surface area (Å²) in [5.41, 5.74) is 0.214. The average Bonchev–Trinajstić information content (AvgIpc) is 2.36. The molecule has 0 amide bonds. The van der Waals surface area contributed by atoms with Crippen molar-refractivity contribution in [1.82, 2.24) is 5.32 Å². The second-order valence-corrected chi connectivity index (χ2v) is 4.98. The zero-order chi connectivity index (χ0) is 13.9. The van der Waals surface area contributed by atoms with E-state index < -0.39 is 17.0 Å². The topological polar surface area (TPSA) is 38.3 Å². The molecule has 0 atom stereocenters. The van der Waals surface area contributed by atoms with Crippen LogP contribution in [0.5, 0.6) is 0 Å². The summed E-state index contributed by atoms with van der Waals surface area (Å²) in [6.45, 7) is 0.897. The van der Waals surface area contributed by atoms with E-state index in [9.17, 15) is 13.6 Å². The largest absolute Gasteiger partial charge is 0.469 e. The van der Waals surface area contributed by atoms with Gasteiger partial charge < -0.3 is 10.1 Å². The number of carbonyl (C=O) groups excluding carboxylic acids is 1. The monoisotopic (exact) mass is 269 g/mol. The maximum atomic E-state index is 13.0. The highest BCUT2D eigenvalue weighted by Crippen LogP contribution is 2.41. The Morgan fingerprint density at radius 2 is 2.11 bits per heavy atom. The Labute approximate surface area is 111 Å². The second-order valence-electron chi connectivity index (χ2n) is 4.98. The molecule has 1 fully saturated rings. The van der Waals surface area contributed by atoms with Crippen molar-refractivity contribution in [3.63, 3.8) is 0 Å². The first kappa shape index (κ1) is 13.9. The third-order valence-corrected chi connectivity index (χ3v) is 3.71. The van der Waals surface area contributed by atoms with Crippen molar-refractivity contribution >= 4 is 5.97 Å². The van der Waals surface area contributed by atoms with Crippen LogP contribution >= 0.6 is 0 Å². The molecular formula is C14H17F2NO2. The standard InChI is InChI=1S/C14H17F2NO2/c1-19-13(18)14(5-2-6-14)9-17-8-10-3-4-11(15)12(16)7-10/h3-4,7,17H,2,5-6,8-9H2,1H3. The van der Waals surface area contributed by atoms with Crippen molar-refractivity contribution < 1.29 is 18.3 Å². The third-order valence-electron chi connectivity index (χ3n) is 3.71. The highest BCUT2D eigenvalue weighted by Gasteiger charge is 2.44. The molecule has 0 unspecified atom stereocenters. The Morgan fingerprint density at radius 3 is 2.63 bits per heavy atom. The summed E-state index contributed by atoms with van der Waals surface area (Å²) in [5.74, 6) is -1.91. The number of benzene rings is 1. The zero-order valence-corrected chi connectivity index (χ0v) is 10.8. The first-order chi connectivity index (χ1) is 9.07. The highest BCUT2D eigenvalue weighted by atomic mass is 19.2. The van der Waals surface area contributed by atoms with E-state index in [0.29, 0.717) is 18.7 Å². The quantitative estimate of drug-likeness (QED) is 0.834. The van der Waals surface area contributed by atoms with Gasteiger partial charge >= 0.3 is 5.97 Å². The molecule has 0 saturated heterocycles. The lowest BCUT2D eigenvalue weighted by Gasteiger charge is -2.39. The molecule has 104 valence electrons. The first-order valence-corrected chi connectivity index (χ1v) is 6.30. The van der Waals surface area contributed by atoms with Crippen LogP contribution in [0.1, 0.15) is 24.8 Å². The number of esters is 1. The fraction of sp³-hybridized carbons (Fsp3) is 0.500. The van der Waals surface area contributed by atoms with E-state index in [4.69, 9.17) is 4.74 Å². The molecule has 3 nitrogen and oxygen atoms in total. The number of nitrogens with one attached hydrogen (secondary N) is 1. The summed E-state index contributed by atoms with van der Waals surface area (Å²) < 4.78 is 30.6.